The predicted molar refractivity (Wildman–Crippen MR) is 78.3 cm³/mol. The fourth-order valence-electron chi connectivity index (χ4n) is 2.95. The van der Waals surface area contributed by atoms with E-state index in [1.54, 1.807) is 12.1 Å². The molecular formula is C14H21N3O3. The second-order valence-corrected chi connectivity index (χ2v) is 5.19. The zero-order chi connectivity index (χ0) is 14.7. The van der Waals surface area contributed by atoms with Crippen molar-refractivity contribution in [2.24, 2.45) is 5.73 Å². The molecule has 1 aromatic carbocycles. The van der Waals surface area contributed by atoms with Gasteiger partial charge in [-0.3, -0.25) is 10.1 Å². The fraction of sp³-hybridized carbons (Fsp3) is 0.571. The number of nitro benzene ring substituents is 1. The van der Waals surface area contributed by atoms with Gasteiger partial charge in [0.1, 0.15) is 11.4 Å². The van der Waals surface area contributed by atoms with Gasteiger partial charge in [0.2, 0.25) is 0 Å². The third-order valence-corrected chi connectivity index (χ3v) is 3.96. The summed E-state index contributed by atoms with van der Waals surface area (Å²) >= 11 is 0. The molecule has 2 rings (SSSR count). The van der Waals surface area contributed by atoms with Crippen LogP contribution in [0.4, 0.5) is 11.4 Å². The van der Waals surface area contributed by atoms with Crippen LogP contribution in [0.1, 0.15) is 26.2 Å². The number of hydrogen-bond acceptors (Lipinski definition) is 5. The Morgan fingerprint density at radius 2 is 2.25 bits per heavy atom. The van der Waals surface area contributed by atoms with Crippen LogP contribution in [0, 0.1) is 10.1 Å². The lowest BCUT2D eigenvalue weighted by molar-refractivity contribution is -0.384. The highest BCUT2D eigenvalue weighted by atomic mass is 16.6. The van der Waals surface area contributed by atoms with Crippen molar-refractivity contribution in [3.05, 3.63) is 28.3 Å². The number of anilines is 1. The van der Waals surface area contributed by atoms with Crippen LogP contribution >= 0.6 is 0 Å². The first kappa shape index (κ1) is 14.6. The van der Waals surface area contributed by atoms with E-state index in [1.807, 2.05) is 0 Å². The molecule has 110 valence electrons. The molecule has 1 aliphatic heterocycles. The molecule has 2 atom stereocenters. The monoisotopic (exact) mass is 279 g/mol. The Labute approximate surface area is 118 Å². The molecule has 1 heterocycles. The minimum Gasteiger partial charge on any atom is -0.496 e. The van der Waals surface area contributed by atoms with Crippen LogP contribution in [-0.4, -0.2) is 30.7 Å². The molecule has 0 bridgehead atoms. The molecular weight excluding hydrogens is 258 g/mol. The number of methoxy groups -OCH3 is 1. The van der Waals surface area contributed by atoms with Crippen LogP contribution in [-0.2, 0) is 0 Å². The maximum Gasteiger partial charge on any atom is 0.296 e. The van der Waals surface area contributed by atoms with Gasteiger partial charge in [-0.2, -0.15) is 0 Å². The van der Waals surface area contributed by atoms with Gasteiger partial charge in [0.05, 0.1) is 18.1 Å². The Morgan fingerprint density at radius 1 is 1.50 bits per heavy atom. The van der Waals surface area contributed by atoms with E-state index in [4.69, 9.17) is 10.5 Å². The topological polar surface area (TPSA) is 81.6 Å². The van der Waals surface area contributed by atoms with Gasteiger partial charge in [-0.05, 0) is 38.3 Å². The number of nitrogens with two attached hydrogens (primary N) is 1. The summed E-state index contributed by atoms with van der Waals surface area (Å²) in [6.45, 7) is 2.60. The molecule has 20 heavy (non-hydrogen) atoms. The van der Waals surface area contributed by atoms with Gasteiger partial charge in [0.25, 0.3) is 5.69 Å². The minimum atomic E-state index is -0.354. The van der Waals surface area contributed by atoms with E-state index in [0.29, 0.717) is 18.0 Å². The zero-order valence-electron chi connectivity index (χ0n) is 11.9. The van der Waals surface area contributed by atoms with Crippen molar-refractivity contribution in [3.8, 4) is 5.75 Å². The average molecular weight is 279 g/mol. The van der Waals surface area contributed by atoms with Gasteiger partial charge in [-0.25, -0.2) is 0 Å². The molecule has 1 fully saturated rings. The molecule has 2 unspecified atom stereocenters. The number of piperidine rings is 1. The Morgan fingerprint density at radius 3 is 2.85 bits per heavy atom. The first-order valence-electron chi connectivity index (χ1n) is 6.89. The first-order valence-corrected chi connectivity index (χ1v) is 6.89. The summed E-state index contributed by atoms with van der Waals surface area (Å²) in [5, 5.41) is 11.3. The molecule has 2 N–H and O–H groups in total. The maximum atomic E-state index is 11.3. The molecule has 0 radical (unpaired) electrons. The Kier molecular flexibility index (Phi) is 4.44. The SMILES string of the molecule is COc1ccc(N2C(C)CCCC2CN)c([N+](=O)[O-])c1. The molecule has 0 spiro atoms. The van der Waals surface area contributed by atoms with Gasteiger partial charge < -0.3 is 15.4 Å². The largest absolute Gasteiger partial charge is 0.496 e. The summed E-state index contributed by atoms with van der Waals surface area (Å²) in [7, 11) is 1.50. The van der Waals surface area contributed by atoms with E-state index in [-0.39, 0.29) is 22.7 Å². The molecule has 0 saturated carbocycles. The molecule has 6 heteroatoms. The second kappa shape index (κ2) is 6.09. The Balaban J connectivity index is 2.46. The van der Waals surface area contributed by atoms with Gasteiger partial charge in [0.15, 0.2) is 0 Å². The third kappa shape index (κ3) is 2.70. The smallest absolute Gasteiger partial charge is 0.296 e. The van der Waals surface area contributed by atoms with Gasteiger partial charge in [0, 0.05) is 18.6 Å². The van der Waals surface area contributed by atoms with E-state index in [9.17, 15) is 10.1 Å². The summed E-state index contributed by atoms with van der Waals surface area (Å²) in [6.07, 6.45) is 3.12. The number of rotatable bonds is 4. The molecule has 6 nitrogen and oxygen atoms in total. The van der Waals surface area contributed by atoms with Crippen LogP contribution in [0.15, 0.2) is 18.2 Å². The fourth-order valence-corrected chi connectivity index (χ4v) is 2.95. The highest BCUT2D eigenvalue weighted by Gasteiger charge is 2.31. The molecule has 0 aromatic heterocycles. The molecule has 0 amide bonds. The van der Waals surface area contributed by atoms with Crippen molar-refractivity contribution in [1.82, 2.24) is 0 Å². The lowest BCUT2D eigenvalue weighted by Crippen LogP contribution is -2.49. The van der Waals surface area contributed by atoms with Crippen LogP contribution in [0.2, 0.25) is 0 Å². The second-order valence-electron chi connectivity index (χ2n) is 5.19. The molecule has 1 saturated heterocycles. The van der Waals surface area contributed by atoms with Crippen LogP contribution in [0.3, 0.4) is 0 Å². The number of hydrogen-bond donors (Lipinski definition) is 1. The lowest BCUT2D eigenvalue weighted by atomic mass is 9.95. The van der Waals surface area contributed by atoms with E-state index in [2.05, 4.69) is 11.8 Å². The van der Waals surface area contributed by atoms with Crippen molar-refractivity contribution in [2.45, 2.75) is 38.3 Å². The van der Waals surface area contributed by atoms with Crippen molar-refractivity contribution in [1.29, 1.82) is 0 Å². The zero-order valence-corrected chi connectivity index (χ0v) is 11.9. The molecule has 1 aromatic rings. The number of ether oxygens (including phenoxy) is 1. The minimum absolute atomic E-state index is 0.0801. The third-order valence-electron chi connectivity index (χ3n) is 3.96. The molecule has 1 aliphatic rings. The standard InChI is InChI=1S/C14H21N3O3/c1-10-4-3-5-11(9-15)16(10)13-7-6-12(20-2)8-14(13)17(18)19/h6-8,10-11H,3-5,9,15H2,1-2H3. The number of nitrogens with zero attached hydrogens (tertiary/aromatic N) is 2. The normalized spacial score (nSPS) is 22.6. The van der Waals surface area contributed by atoms with E-state index in [1.165, 1.54) is 13.2 Å². The van der Waals surface area contributed by atoms with E-state index in [0.717, 1.165) is 19.3 Å². The van der Waals surface area contributed by atoms with Crippen molar-refractivity contribution in [3.63, 3.8) is 0 Å². The number of benzene rings is 1. The van der Waals surface area contributed by atoms with Crippen molar-refractivity contribution >= 4 is 11.4 Å². The Hall–Kier alpha value is -1.82. The highest BCUT2D eigenvalue weighted by molar-refractivity contribution is 5.66. The summed E-state index contributed by atoms with van der Waals surface area (Å²) in [5.74, 6) is 0.495. The summed E-state index contributed by atoms with van der Waals surface area (Å²) in [5.41, 5.74) is 6.56. The lowest BCUT2D eigenvalue weighted by Gasteiger charge is -2.41. The van der Waals surface area contributed by atoms with E-state index >= 15 is 0 Å². The van der Waals surface area contributed by atoms with Gasteiger partial charge in [-0.15, -0.1) is 0 Å². The highest BCUT2D eigenvalue weighted by Crippen LogP contribution is 2.37. The first-order chi connectivity index (χ1) is 9.58. The predicted octanol–water partition coefficient (Wildman–Crippen LogP) is 2.31. The van der Waals surface area contributed by atoms with Crippen molar-refractivity contribution < 1.29 is 9.66 Å². The van der Waals surface area contributed by atoms with Crippen molar-refractivity contribution in [2.75, 3.05) is 18.6 Å². The quantitative estimate of drug-likeness (QED) is 0.675. The number of nitro groups is 1. The van der Waals surface area contributed by atoms with Gasteiger partial charge in [-0.1, -0.05) is 0 Å². The summed E-state index contributed by atoms with van der Waals surface area (Å²) < 4.78 is 5.08. The maximum absolute atomic E-state index is 11.3. The van der Waals surface area contributed by atoms with E-state index < -0.39 is 0 Å². The molecule has 0 aliphatic carbocycles. The van der Waals surface area contributed by atoms with Gasteiger partial charge >= 0.3 is 0 Å². The van der Waals surface area contributed by atoms with Crippen LogP contribution in [0.25, 0.3) is 0 Å². The summed E-state index contributed by atoms with van der Waals surface area (Å²) in [6, 6.07) is 5.42. The van der Waals surface area contributed by atoms with Crippen LogP contribution < -0.4 is 15.4 Å². The Bertz CT molecular complexity index is 493. The summed E-state index contributed by atoms with van der Waals surface area (Å²) in [4.78, 5) is 13.1. The average Bonchev–Trinajstić information content (AvgIpc) is 2.46. The van der Waals surface area contributed by atoms with Crippen LogP contribution in [0.5, 0.6) is 5.75 Å².